The third kappa shape index (κ3) is 5.32. The number of aromatic nitrogens is 2. The van der Waals surface area contributed by atoms with Gasteiger partial charge < -0.3 is 5.73 Å². The minimum atomic E-state index is -1.13. The lowest BCUT2D eigenvalue weighted by atomic mass is 9.83. The number of halogens is 2. The number of nitrogens with one attached hydrogen (secondary N) is 1. The quantitative estimate of drug-likeness (QED) is 0.540. The summed E-state index contributed by atoms with van der Waals surface area (Å²) < 4.78 is 0. The van der Waals surface area contributed by atoms with Crippen molar-refractivity contribution in [1.82, 2.24) is 15.3 Å². The fourth-order valence-corrected chi connectivity index (χ4v) is 3.91. The molecule has 29 heavy (non-hydrogen) atoms. The number of carbonyl (C=O) groups is 1. The van der Waals surface area contributed by atoms with Crippen molar-refractivity contribution in [2.75, 3.05) is 6.54 Å². The Balaban J connectivity index is 1.89. The maximum absolute atomic E-state index is 12.8. The molecule has 0 saturated heterocycles. The molecule has 0 aliphatic rings. The molecule has 3 aromatic rings. The molecule has 0 bridgehead atoms. The van der Waals surface area contributed by atoms with Crippen molar-refractivity contribution in [2.24, 2.45) is 5.73 Å². The first-order valence-electron chi connectivity index (χ1n) is 9.29. The van der Waals surface area contributed by atoms with Gasteiger partial charge in [-0.05, 0) is 60.7 Å². The highest BCUT2D eigenvalue weighted by molar-refractivity contribution is 6.35. The number of rotatable bonds is 9. The van der Waals surface area contributed by atoms with Crippen molar-refractivity contribution in [3.63, 3.8) is 0 Å². The Kier molecular flexibility index (Phi) is 7.20. The molecule has 1 amide bonds. The van der Waals surface area contributed by atoms with E-state index in [9.17, 15) is 4.79 Å². The molecule has 1 unspecified atom stereocenters. The van der Waals surface area contributed by atoms with Crippen LogP contribution in [-0.4, -0.2) is 22.4 Å². The van der Waals surface area contributed by atoms with Crippen LogP contribution < -0.4 is 11.1 Å². The van der Waals surface area contributed by atoms with Crippen LogP contribution in [0.2, 0.25) is 10.0 Å². The summed E-state index contributed by atoms with van der Waals surface area (Å²) in [6.45, 7) is 0.541. The standard InChI is InChI=1S/C22H22Cl2N4O/c23-18-3-4-19(20(24)14-18)22(21(25)29,9-5-17-2-1-10-27-15-17)28-13-8-16-6-11-26-12-7-16/h1-4,6-7,10-12,14-15,28H,5,8-9,13H2,(H2,25,29). The van der Waals surface area contributed by atoms with E-state index in [1.807, 2.05) is 24.3 Å². The van der Waals surface area contributed by atoms with Crippen molar-refractivity contribution in [2.45, 2.75) is 24.8 Å². The first-order chi connectivity index (χ1) is 14.0. The van der Waals surface area contributed by atoms with E-state index < -0.39 is 11.4 Å². The molecule has 2 aromatic heterocycles. The van der Waals surface area contributed by atoms with Gasteiger partial charge in [-0.15, -0.1) is 0 Å². The summed E-state index contributed by atoms with van der Waals surface area (Å²) in [7, 11) is 0. The third-order valence-corrected chi connectivity index (χ3v) is 5.46. The SMILES string of the molecule is NC(=O)C(CCc1cccnc1)(NCCc1ccncc1)c1ccc(Cl)cc1Cl. The molecule has 0 fully saturated rings. The van der Waals surface area contributed by atoms with Crippen molar-refractivity contribution in [3.05, 3.63) is 94.0 Å². The lowest BCUT2D eigenvalue weighted by Gasteiger charge is -2.33. The monoisotopic (exact) mass is 428 g/mol. The fourth-order valence-electron chi connectivity index (χ4n) is 3.34. The van der Waals surface area contributed by atoms with Crippen LogP contribution in [0.15, 0.2) is 67.3 Å². The second-order valence-electron chi connectivity index (χ2n) is 6.79. The second-order valence-corrected chi connectivity index (χ2v) is 7.63. The summed E-state index contributed by atoms with van der Waals surface area (Å²) in [5, 5.41) is 4.29. The third-order valence-electron chi connectivity index (χ3n) is 4.91. The van der Waals surface area contributed by atoms with Crippen LogP contribution in [0.4, 0.5) is 0 Å². The largest absolute Gasteiger partial charge is 0.368 e. The Bertz CT molecular complexity index is 954. The van der Waals surface area contributed by atoms with Gasteiger partial charge in [-0.3, -0.25) is 20.1 Å². The van der Waals surface area contributed by atoms with Gasteiger partial charge in [0, 0.05) is 46.9 Å². The zero-order valence-corrected chi connectivity index (χ0v) is 17.3. The molecule has 0 saturated carbocycles. The lowest BCUT2D eigenvalue weighted by Crippen LogP contribution is -2.53. The molecule has 1 atom stereocenters. The number of hydrogen-bond donors (Lipinski definition) is 2. The van der Waals surface area contributed by atoms with Gasteiger partial charge >= 0.3 is 0 Å². The first kappa shape index (κ1) is 21.2. The molecule has 3 N–H and O–H groups in total. The highest BCUT2D eigenvalue weighted by Gasteiger charge is 2.39. The van der Waals surface area contributed by atoms with Crippen LogP contribution in [0.3, 0.4) is 0 Å². The van der Waals surface area contributed by atoms with Gasteiger partial charge in [0.25, 0.3) is 0 Å². The average molecular weight is 429 g/mol. The number of primary amides is 1. The molecule has 7 heteroatoms. The van der Waals surface area contributed by atoms with Crippen LogP contribution in [0.1, 0.15) is 23.1 Å². The van der Waals surface area contributed by atoms with E-state index in [1.165, 1.54) is 0 Å². The van der Waals surface area contributed by atoms with Crippen molar-refractivity contribution in [3.8, 4) is 0 Å². The topological polar surface area (TPSA) is 80.9 Å². The van der Waals surface area contributed by atoms with Gasteiger partial charge in [-0.1, -0.05) is 35.3 Å². The minimum Gasteiger partial charge on any atom is -0.368 e. The van der Waals surface area contributed by atoms with Crippen LogP contribution in [0, 0.1) is 0 Å². The maximum atomic E-state index is 12.8. The summed E-state index contributed by atoms with van der Waals surface area (Å²) in [6, 6.07) is 12.8. The molecule has 0 spiro atoms. The molecule has 0 aliphatic carbocycles. The Morgan fingerprint density at radius 1 is 1.00 bits per heavy atom. The zero-order valence-electron chi connectivity index (χ0n) is 15.8. The van der Waals surface area contributed by atoms with Gasteiger partial charge in [-0.25, -0.2) is 0 Å². The zero-order chi connectivity index (χ0) is 20.7. The van der Waals surface area contributed by atoms with Crippen LogP contribution in [0.25, 0.3) is 0 Å². The van der Waals surface area contributed by atoms with E-state index in [0.717, 1.165) is 17.5 Å². The van der Waals surface area contributed by atoms with Gasteiger partial charge in [0.1, 0.15) is 5.54 Å². The van der Waals surface area contributed by atoms with E-state index in [0.29, 0.717) is 35.0 Å². The van der Waals surface area contributed by atoms with Crippen LogP contribution >= 0.6 is 23.2 Å². The van der Waals surface area contributed by atoms with E-state index >= 15 is 0 Å². The highest BCUT2D eigenvalue weighted by atomic mass is 35.5. The normalized spacial score (nSPS) is 13.0. The van der Waals surface area contributed by atoms with Crippen LogP contribution in [0.5, 0.6) is 0 Å². The number of pyridine rings is 2. The van der Waals surface area contributed by atoms with Gasteiger partial charge in [0.15, 0.2) is 0 Å². The lowest BCUT2D eigenvalue weighted by molar-refractivity contribution is -0.125. The smallest absolute Gasteiger partial charge is 0.242 e. The molecule has 0 aliphatic heterocycles. The van der Waals surface area contributed by atoms with Gasteiger partial charge in [0.2, 0.25) is 5.91 Å². The second kappa shape index (κ2) is 9.83. The van der Waals surface area contributed by atoms with E-state index in [1.54, 1.807) is 43.0 Å². The average Bonchev–Trinajstić information content (AvgIpc) is 2.72. The molecule has 3 rings (SSSR count). The Hall–Kier alpha value is -2.47. The van der Waals surface area contributed by atoms with E-state index in [2.05, 4.69) is 15.3 Å². The van der Waals surface area contributed by atoms with Crippen LogP contribution in [-0.2, 0) is 23.2 Å². The molecular formula is C22H22Cl2N4O. The highest BCUT2D eigenvalue weighted by Crippen LogP contribution is 2.34. The Morgan fingerprint density at radius 3 is 2.45 bits per heavy atom. The first-order valence-corrected chi connectivity index (χ1v) is 10.0. The van der Waals surface area contributed by atoms with Crippen molar-refractivity contribution in [1.29, 1.82) is 0 Å². The number of hydrogen-bond acceptors (Lipinski definition) is 4. The number of benzene rings is 1. The van der Waals surface area contributed by atoms with Gasteiger partial charge in [0.05, 0.1) is 0 Å². The predicted octanol–water partition coefficient (Wildman–Crippen LogP) is 3.93. The Morgan fingerprint density at radius 2 is 1.79 bits per heavy atom. The summed E-state index contributed by atoms with van der Waals surface area (Å²) in [4.78, 5) is 20.9. The van der Waals surface area contributed by atoms with Crippen molar-refractivity contribution < 1.29 is 4.79 Å². The molecule has 1 aromatic carbocycles. The molecule has 5 nitrogen and oxygen atoms in total. The molecule has 150 valence electrons. The maximum Gasteiger partial charge on any atom is 0.242 e. The fraction of sp³-hybridized carbons (Fsp3) is 0.227. The van der Waals surface area contributed by atoms with Gasteiger partial charge in [-0.2, -0.15) is 0 Å². The predicted molar refractivity (Wildman–Crippen MR) is 116 cm³/mol. The number of nitrogens with zero attached hydrogens (tertiary/aromatic N) is 2. The summed E-state index contributed by atoms with van der Waals surface area (Å²) >= 11 is 12.6. The minimum absolute atomic E-state index is 0.402. The summed E-state index contributed by atoms with van der Waals surface area (Å²) in [5.41, 5.74) is 7.55. The van der Waals surface area contributed by atoms with E-state index in [4.69, 9.17) is 28.9 Å². The number of aryl methyl sites for hydroxylation is 1. The number of amides is 1. The molecular weight excluding hydrogens is 407 g/mol. The summed E-state index contributed by atoms with van der Waals surface area (Å²) in [6.07, 6.45) is 8.75. The Labute approximate surface area is 180 Å². The number of nitrogens with two attached hydrogens (primary N) is 1. The molecule has 2 heterocycles. The summed E-state index contributed by atoms with van der Waals surface area (Å²) in [5.74, 6) is -0.486. The number of carbonyl (C=O) groups excluding carboxylic acids is 1. The van der Waals surface area contributed by atoms with Crippen molar-refractivity contribution >= 4 is 29.1 Å². The molecule has 0 radical (unpaired) electrons. The van der Waals surface area contributed by atoms with E-state index in [-0.39, 0.29) is 0 Å².